The third-order valence-corrected chi connectivity index (χ3v) is 5.67. The highest BCUT2D eigenvalue weighted by molar-refractivity contribution is 7.17. The minimum absolute atomic E-state index is 0.216. The van der Waals surface area contributed by atoms with Crippen LogP contribution in [-0.4, -0.2) is 39.2 Å². The van der Waals surface area contributed by atoms with Crippen molar-refractivity contribution in [1.82, 2.24) is 0 Å². The summed E-state index contributed by atoms with van der Waals surface area (Å²) in [6.07, 6.45) is 1.20. The first-order valence-electron chi connectivity index (χ1n) is 8.27. The van der Waals surface area contributed by atoms with E-state index in [0.717, 1.165) is 4.88 Å². The molecule has 27 heavy (non-hydrogen) atoms. The number of methoxy groups -OCH3 is 3. The van der Waals surface area contributed by atoms with Gasteiger partial charge in [0.25, 0.3) is 5.91 Å². The van der Waals surface area contributed by atoms with Crippen LogP contribution in [0.3, 0.4) is 0 Å². The Kier molecular flexibility index (Phi) is 5.46. The summed E-state index contributed by atoms with van der Waals surface area (Å²) in [7, 11) is 4.06. The number of nitrogens with one attached hydrogen (secondary N) is 1. The first kappa shape index (κ1) is 18.9. The molecule has 1 aliphatic carbocycles. The Morgan fingerprint density at radius 3 is 2.52 bits per heavy atom. The van der Waals surface area contributed by atoms with Crippen molar-refractivity contribution in [3.05, 3.63) is 45.8 Å². The highest BCUT2D eigenvalue weighted by Gasteiger charge is 2.38. The number of thiophene rings is 1. The van der Waals surface area contributed by atoms with Gasteiger partial charge in [-0.2, -0.15) is 0 Å². The lowest BCUT2D eigenvalue weighted by Gasteiger charge is -2.12. The van der Waals surface area contributed by atoms with E-state index in [4.69, 9.17) is 14.2 Å². The Morgan fingerprint density at radius 1 is 1.11 bits per heavy atom. The smallest absolute Gasteiger partial charge is 0.341 e. The third-order valence-electron chi connectivity index (χ3n) is 4.48. The number of para-hydroxylation sites is 1. The second kappa shape index (κ2) is 7.79. The van der Waals surface area contributed by atoms with Crippen molar-refractivity contribution < 1.29 is 28.6 Å². The van der Waals surface area contributed by atoms with E-state index in [1.807, 2.05) is 0 Å². The molecule has 0 spiro atoms. The van der Waals surface area contributed by atoms with Crippen LogP contribution >= 0.6 is 11.3 Å². The Morgan fingerprint density at radius 2 is 1.85 bits per heavy atom. The zero-order valence-corrected chi connectivity index (χ0v) is 16.0. The maximum atomic E-state index is 12.7. The van der Waals surface area contributed by atoms with Crippen LogP contribution in [0.25, 0.3) is 0 Å². The van der Waals surface area contributed by atoms with Gasteiger partial charge >= 0.3 is 11.9 Å². The van der Waals surface area contributed by atoms with Crippen LogP contribution in [0.5, 0.6) is 5.75 Å². The van der Waals surface area contributed by atoms with E-state index in [9.17, 15) is 14.4 Å². The molecule has 1 heterocycles. The number of hydrogen-bond donors (Lipinski definition) is 1. The number of esters is 2. The number of amides is 1. The van der Waals surface area contributed by atoms with Gasteiger partial charge in [-0.15, -0.1) is 11.3 Å². The quantitative estimate of drug-likeness (QED) is 0.791. The van der Waals surface area contributed by atoms with Gasteiger partial charge in [0.2, 0.25) is 0 Å². The van der Waals surface area contributed by atoms with Crippen molar-refractivity contribution in [3.8, 4) is 5.75 Å². The number of hydrogen-bond acceptors (Lipinski definition) is 7. The van der Waals surface area contributed by atoms with Crippen LogP contribution in [0.4, 0.5) is 5.00 Å². The molecule has 1 aromatic heterocycles. The van der Waals surface area contributed by atoms with Gasteiger partial charge in [-0.25, -0.2) is 4.79 Å². The summed E-state index contributed by atoms with van der Waals surface area (Å²) in [5, 5.41) is 3.13. The maximum absolute atomic E-state index is 12.7. The number of fused-ring (bicyclic) bond motifs is 1. The highest BCUT2D eigenvalue weighted by atomic mass is 32.1. The van der Waals surface area contributed by atoms with Gasteiger partial charge in [-0.05, 0) is 30.5 Å². The van der Waals surface area contributed by atoms with Crippen LogP contribution in [0.1, 0.15) is 43.5 Å². The van der Waals surface area contributed by atoms with Crippen LogP contribution < -0.4 is 10.1 Å². The molecule has 1 aromatic carbocycles. The summed E-state index contributed by atoms with van der Waals surface area (Å²) in [5.41, 5.74) is 1.15. The molecule has 0 bridgehead atoms. The van der Waals surface area contributed by atoms with Gasteiger partial charge in [0.1, 0.15) is 10.8 Å². The average Bonchev–Trinajstić information content (AvgIpc) is 3.25. The molecule has 0 aliphatic heterocycles. The van der Waals surface area contributed by atoms with E-state index in [1.165, 1.54) is 32.7 Å². The largest absolute Gasteiger partial charge is 0.496 e. The Balaban J connectivity index is 2.00. The van der Waals surface area contributed by atoms with Gasteiger partial charge < -0.3 is 19.5 Å². The molecule has 0 fully saturated rings. The minimum atomic E-state index is -0.598. The number of benzene rings is 1. The molecule has 142 valence electrons. The van der Waals surface area contributed by atoms with Gasteiger partial charge in [0, 0.05) is 4.88 Å². The average molecular weight is 389 g/mol. The van der Waals surface area contributed by atoms with Gasteiger partial charge in [-0.1, -0.05) is 12.1 Å². The van der Waals surface area contributed by atoms with Crippen molar-refractivity contribution in [2.45, 2.75) is 18.8 Å². The fourth-order valence-corrected chi connectivity index (χ4v) is 4.50. The molecule has 0 saturated heterocycles. The third kappa shape index (κ3) is 3.40. The molecule has 0 unspecified atom stereocenters. The Bertz CT molecular complexity index is 904. The van der Waals surface area contributed by atoms with E-state index < -0.39 is 23.8 Å². The summed E-state index contributed by atoms with van der Waals surface area (Å²) in [4.78, 5) is 38.1. The molecule has 8 heteroatoms. The van der Waals surface area contributed by atoms with Crippen molar-refractivity contribution in [2.24, 2.45) is 0 Å². The van der Waals surface area contributed by atoms with Gasteiger partial charge in [0.15, 0.2) is 0 Å². The summed E-state index contributed by atoms with van der Waals surface area (Å²) >= 11 is 1.28. The monoisotopic (exact) mass is 389 g/mol. The fraction of sp³-hybridized carbons (Fsp3) is 0.316. The SMILES string of the molecule is COC(=O)c1c(NC(=O)c2ccccc2OC)sc2c1[C@H](C(=O)OC)CC2. The van der Waals surface area contributed by atoms with E-state index >= 15 is 0 Å². The lowest BCUT2D eigenvalue weighted by molar-refractivity contribution is -0.142. The molecule has 2 aromatic rings. The molecule has 0 saturated carbocycles. The molecule has 1 amide bonds. The van der Waals surface area contributed by atoms with Crippen molar-refractivity contribution in [1.29, 1.82) is 0 Å². The first-order valence-corrected chi connectivity index (χ1v) is 9.09. The fourth-order valence-electron chi connectivity index (χ4n) is 3.24. The van der Waals surface area contributed by atoms with Crippen LogP contribution in [0.15, 0.2) is 24.3 Å². The predicted octanol–water partition coefficient (Wildman–Crippen LogP) is 3.00. The summed E-state index contributed by atoms with van der Waals surface area (Å²) < 4.78 is 15.0. The summed E-state index contributed by atoms with van der Waals surface area (Å²) in [5.74, 6) is -1.52. The number of anilines is 1. The van der Waals surface area contributed by atoms with Crippen molar-refractivity contribution >= 4 is 34.2 Å². The number of aryl methyl sites for hydroxylation is 1. The number of rotatable bonds is 5. The van der Waals surface area contributed by atoms with E-state index in [2.05, 4.69) is 5.32 Å². The predicted molar refractivity (Wildman–Crippen MR) is 99.7 cm³/mol. The second-order valence-corrected chi connectivity index (χ2v) is 7.01. The number of carbonyl (C=O) groups excluding carboxylic acids is 3. The molecule has 7 nitrogen and oxygen atoms in total. The minimum Gasteiger partial charge on any atom is -0.496 e. The maximum Gasteiger partial charge on any atom is 0.341 e. The molecule has 3 rings (SSSR count). The molecular weight excluding hydrogens is 370 g/mol. The number of ether oxygens (including phenoxy) is 3. The second-order valence-electron chi connectivity index (χ2n) is 5.90. The summed E-state index contributed by atoms with van der Waals surface area (Å²) in [6, 6.07) is 6.79. The zero-order valence-electron chi connectivity index (χ0n) is 15.2. The van der Waals surface area contributed by atoms with E-state index in [-0.39, 0.29) is 5.56 Å². The first-order chi connectivity index (χ1) is 13.0. The Labute approximate surface area is 160 Å². The van der Waals surface area contributed by atoms with Gasteiger partial charge in [0.05, 0.1) is 38.4 Å². The molecule has 1 N–H and O–H groups in total. The van der Waals surface area contributed by atoms with Crippen molar-refractivity contribution in [2.75, 3.05) is 26.6 Å². The van der Waals surface area contributed by atoms with Gasteiger partial charge in [-0.3, -0.25) is 9.59 Å². The normalized spacial score (nSPS) is 15.0. The van der Waals surface area contributed by atoms with E-state index in [0.29, 0.717) is 34.7 Å². The topological polar surface area (TPSA) is 90.9 Å². The van der Waals surface area contributed by atoms with Crippen LogP contribution in [-0.2, 0) is 20.7 Å². The van der Waals surface area contributed by atoms with Crippen LogP contribution in [0, 0.1) is 0 Å². The molecule has 0 radical (unpaired) electrons. The van der Waals surface area contributed by atoms with Crippen molar-refractivity contribution in [3.63, 3.8) is 0 Å². The Hall–Kier alpha value is -2.87. The van der Waals surface area contributed by atoms with E-state index in [1.54, 1.807) is 24.3 Å². The standard InChI is InChI=1S/C19H19NO6S/c1-24-12-7-5-4-6-10(12)16(21)20-17-15(19(23)26-3)14-11(18(22)25-2)8-9-13(14)27-17/h4-7,11H,8-9H2,1-3H3,(H,20,21)/t11-/m1/s1. The van der Waals surface area contributed by atoms with Crippen LogP contribution in [0.2, 0.25) is 0 Å². The molecule has 1 aliphatic rings. The highest BCUT2D eigenvalue weighted by Crippen LogP contribution is 2.46. The number of carbonyl (C=O) groups is 3. The molecule has 1 atom stereocenters. The zero-order chi connectivity index (χ0) is 19.6. The summed E-state index contributed by atoms with van der Waals surface area (Å²) in [6.45, 7) is 0. The lowest BCUT2D eigenvalue weighted by Crippen LogP contribution is -2.18. The lowest BCUT2D eigenvalue weighted by atomic mass is 9.99. The molecular formula is C19H19NO6S.